The first-order valence-corrected chi connectivity index (χ1v) is 9.08. The molecule has 136 valence electrons. The summed E-state index contributed by atoms with van der Waals surface area (Å²) in [5.74, 6) is 0.999. The summed E-state index contributed by atoms with van der Waals surface area (Å²) in [6, 6.07) is 7.60. The molecule has 3 aromatic rings. The van der Waals surface area contributed by atoms with Crippen molar-refractivity contribution in [1.82, 2.24) is 19.7 Å². The molecule has 0 saturated heterocycles. The SMILES string of the molecule is Cc1c(C(=O)NCCCn2nc3n(c2=O)CCCC3)oc2ccccc12. The highest BCUT2D eigenvalue weighted by atomic mass is 16.3. The molecule has 4 rings (SSSR count). The van der Waals surface area contributed by atoms with Gasteiger partial charge in [0, 0.05) is 37.0 Å². The molecule has 0 saturated carbocycles. The number of carbonyl (C=O) groups excluding carboxylic acids is 1. The smallest absolute Gasteiger partial charge is 0.345 e. The fraction of sp³-hybridized carbons (Fsp3) is 0.421. The lowest BCUT2D eigenvalue weighted by Gasteiger charge is -2.09. The highest BCUT2D eigenvalue weighted by molar-refractivity contribution is 5.98. The van der Waals surface area contributed by atoms with Gasteiger partial charge < -0.3 is 9.73 Å². The van der Waals surface area contributed by atoms with Crippen molar-refractivity contribution < 1.29 is 9.21 Å². The van der Waals surface area contributed by atoms with Crippen molar-refractivity contribution in [1.29, 1.82) is 0 Å². The van der Waals surface area contributed by atoms with Crippen molar-refractivity contribution in [3.05, 3.63) is 51.9 Å². The van der Waals surface area contributed by atoms with E-state index in [0.717, 1.165) is 42.6 Å². The summed E-state index contributed by atoms with van der Waals surface area (Å²) in [5.41, 5.74) is 1.51. The molecule has 0 radical (unpaired) electrons. The maximum atomic E-state index is 12.4. The maximum absolute atomic E-state index is 12.4. The molecule has 0 bridgehead atoms. The van der Waals surface area contributed by atoms with E-state index in [1.54, 1.807) is 4.57 Å². The van der Waals surface area contributed by atoms with Gasteiger partial charge >= 0.3 is 5.69 Å². The molecule has 3 heterocycles. The second-order valence-corrected chi connectivity index (χ2v) is 6.69. The number of benzene rings is 1. The van der Waals surface area contributed by atoms with Crippen LogP contribution in [0.3, 0.4) is 0 Å². The van der Waals surface area contributed by atoms with Crippen LogP contribution < -0.4 is 11.0 Å². The van der Waals surface area contributed by atoms with E-state index in [1.807, 2.05) is 31.2 Å². The monoisotopic (exact) mass is 354 g/mol. The first-order valence-electron chi connectivity index (χ1n) is 9.08. The van der Waals surface area contributed by atoms with E-state index < -0.39 is 0 Å². The minimum absolute atomic E-state index is 0.0424. The van der Waals surface area contributed by atoms with Crippen molar-refractivity contribution in [2.75, 3.05) is 6.54 Å². The fourth-order valence-electron chi connectivity index (χ4n) is 3.50. The largest absolute Gasteiger partial charge is 0.451 e. The number of hydrogen-bond donors (Lipinski definition) is 1. The van der Waals surface area contributed by atoms with Crippen LogP contribution in [-0.2, 0) is 19.5 Å². The average Bonchev–Trinajstić information content (AvgIpc) is 3.17. The van der Waals surface area contributed by atoms with Crippen molar-refractivity contribution in [2.45, 2.75) is 45.7 Å². The number of aryl methyl sites for hydroxylation is 3. The molecule has 1 amide bonds. The number of amides is 1. The summed E-state index contributed by atoms with van der Waals surface area (Å²) < 4.78 is 8.94. The number of rotatable bonds is 5. The molecule has 1 aliphatic rings. The Kier molecular flexibility index (Phi) is 4.36. The zero-order chi connectivity index (χ0) is 18.1. The summed E-state index contributed by atoms with van der Waals surface area (Å²) in [6.45, 7) is 3.61. The molecule has 7 nitrogen and oxygen atoms in total. The molecule has 2 aromatic heterocycles. The molecule has 0 spiro atoms. The van der Waals surface area contributed by atoms with Gasteiger partial charge in [-0.1, -0.05) is 18.2 Å². The predicted molar refractivity (Wildman–Crippen MR) is 97.3 cm³/mol. The third-order valence-corrected chi connectivity index (χ3v) is 4.91. The first-order chi connectivity index (χ1) is 12.6. The van der Waals surface area contributed by atoms with E-state index in [1.165, 1.54) is 4.68 Å². The standard InChI is InChI=1S/C19H22N4O3/c1-13-14-7-2-3-8-15(14)26-17(13)18(24)20-10-6-12-23-19(25)22-11-5-4-9-16(22)21-23/h2-3,7-8H,4-6,9-12H2,1H3,(H,20,24). The maximum Gasteiger partial charge on any atom is 0.345 e. The molecule has 0 aliphatic carbocycles. The summed E-state index contributed by atoms with van der Waals surface area (Å²) >= 11 is 0. The number of nitrogens with zero attached hydrogens (tertiary/aromatic N) is 3. The van der Waals surface area contributed by atoms with Gasteiger partial charge in [-0.3, -0.25) is 9.36 Å². The number of fused-ring (bicyclic) bond motifs is 2. The number of aromatic nitrogens is 3. The number of carbonyl (C=O) groups is 1. The highest BCUT2D eigenvalue weighted by Gasteiger charge is 2.18. The molecule has 26 heavy (non-hydrogen) atoms. The summed E-state index contributed by atoms with van der Waals surface area (Å²) in [7, 11) is 0. The van der Waals surface area contributed by atoms with Crippen molar-refractivity contribution in [2.24, 2.45) is 0 Å². The Balaban J connectivity index is 1.36. The molecule has 1 N–H and O–H groups in total. The van der Waals surface area contributed by atoms with Crippen LogP contribution >= 0.6 is 0 Å². The van der Waals surface area contributed by atoms with Crippen LogP contribution in [-0.4, -0.2) is 26.8 Å². The van der Waals surface area contributed by atoms with Gasteiger partial charge in [0.25, 0.3) is 5.91 Å². The van der Waals surface area contributed by atoms with E-state index in [9.17, 15) is 9.59 Å². The van der Waals surface area contributed by atoms with Crippen LogP contribution in [0.2, 0.25) is 0 Å². The van der Waals surface area contributed by atoms with Crippen LogP contribution in [0.4, 0.5) is 0 Å². The number of hydrogen-bond acceptors (Lipinski definition) is 4. The topological polar surface area (TPSA) is 82.1 Å². The van der Waals surface area contributed by atoms with Crippen LogP contribution in [0, 0.1) is 6.92 Å². The second kappa shape index (κ2) is 6.82. The Morgan fingerprint density at radius 1 is 1.31 bits per heavy atom. The van der Waals surface area contributed by atoms with Gasteiger partial charge in [0.1, 0.15) is 11.4 Å². The average molecular weight is 354 g/mol. The number of furan rings is 1. The Morgan fingerprint density at radius 3 is 2.96 bits per heavy atom. The Labute approximate surface area is 150 Å². The van der Waals surface area contributed by atoms with Crippen LogP contribution in [0.5, 0.6) is 0 Å². The van der Waals surface area contributed by atoms with Crippen molar-refractivity contribution >= 4 is 16.9 Å². The lowest BCUT2D eigenvalue weighted by atomic mass is 10.1. The third-order valence-electron chi connectivity index (χ3n) is 4.91. The Hall–Kier alpha value is -2.83. The van der Waals surface area contributed by atoms with E-state index in [4.69, 9.17) is 4.42 Å². The van der Waals surface area contributed by atoms with Crippen LogP contribution in [0.25, 0.3) is 11.0 Å². The molecule has 1 aliphatic heterocycles. The summed E-state index contributed by atoms with van der Waals surface area (Å²) in [4.78, 5) is 24.6. The number of nitrogens with one attached hydrogen (secondary N) is 1. The van der Waals surface area contributed by atoms with Crippen LogP contribution in [0.1, 0.15) is 41.2 Å². The summed E-state index contributed by atoms with van der Waals surface area (Å²) in [5, 5.41) is 8.23. The first kappa shape index (κ1) is 16.6. The van der Waals surface area contributed by atoms with Gasteiger partial charge in [0.15, 0.2) is 5.76 Å². The Bertz CT molecular complexity index is 1010. The zero-order valence-electron chi connectivity index (χ0n) is 14.8. The molecule has 0 fully saturated rings. The quantitative estimate of drug-likeness (QED) is 0.713. The predicted octanol–water partition coefficient (Wildman–Crippen LogP) is 2.26. The lowest BCUT2D eigenvalue weighted by Crippen LogP contribution is -2.29. The second-order valence-electron chi connectivity index (χ2n) is 6.69. The number of para-hydroxylation sites is 1. The van der Waals surface area contributed by atoms with Gasteiger partial charge in [-0.2, -0.15) is 5.10 Å². The summed E-state index contributed by atoms with van der Waals surface area (Å²) in [6.07, 6.45) is 3.63. The normalized spacial score (nSPS) is 13.7. The van der Waals surface area contributed by atoms with Gasteiger partial charge in [0.05, 0.1) is 0 Å². The van der Waals surface area contributed by atoms with Crippen LogP contribution in [0.15, 0.2) is 33.5 Å². The fourth-order valence-corrected chi connectivity index (χ4v) is 3.50. The molecule has 1 aromatic carbocycles. The Morgan fingerprint density at radius 2 is 2.15 bits per heavy atom. The minimum Gasteiger partial charge on any atom is -0.451 e. The highest BCUT2D eigenvalue weighted by Crippen LogP contribution is 2.24. The molecule has 7 heteroatoms. The van der Waals surface area contributed by atoms with Gasteiger partial charge in [0.2, 0.25) is 0 Å². The van der Waals surface area contributed by atoms with E-state index in [-0.39, 0.29) is 11.6 Å². The van der Waals surface area contributed by atoms with E-state index in [2.05, 4.69) is 10.4 Å². The molecular weight excluding hydrogens is 332 g/mol. The molecular formula is C19H22N4O3. The van der Waals surface area contributed by atoms with E-state index >= 15 is 0 Å². The van der Waals surface area contributed by atoms with E-state index in [0.29, 0.717) is 30.9 Å². The van der Waals surface area contributed by atoms with Crippen molar-refractivity contribution in [3.63, 3.8) is 0 Å². The van der Waals surface area contributed by atoms with Crippen molar-refractivity contribution in [3.8, 4) is 0 Å². The lowest BCUT2D eigenvalue weighted by molar-refractivity contribution is 0.0926. The molecule has 0 unspecified atom stereocenters. The minimum atomic E-state index is -0.227. The zero-order valence-corrected chi connectivity index (χ0v) is 14.8. The molecule has 0 atom stereocenters. The van der Waals surface area contributed by atoms with Gasteiger partial charge in [-0.05, 0) is 32.3 Å². The third kappa shape index (κ3) is 2.94. The van der Waals surface area contributed by atoms with Gasteiger partial charge in [-0.25, -0.2) is 9.48 Å². The van der Waals surface area contributed by atoms with Gasteiger partial charge in [-0.15, -0.1) is 0 Å².